The topological polar surface area (TPSA) is 75.4 Å². The number of anilines is 2. The van der Waals surface area contributed by atoms with Crippen LogP contribution in [-0.4, -0.2) is 24.4 Å². The first-order valence-corrected chi connectivity index (χ1v) is 9.58. The van der Waals surface area contributed by atoms with E-state index in [0.717, 1.165) is 37.2 Å². The molecular weight excluding hydrogens is 314 g/mol. The van der Waals surface area contributed by atoms with E-state index in [9.17, 15) is 9.59 Å². The van der Waals surface area contributed by atoms with Gasteiger partial charge >= 0.3 is 0 Å². The molecule has 3 aliphatic rings. The van der Waals surface area contributed by atoms with E-state index in [-0.39, 0.29) is 23.8 Å². The number of nitrogens with zero attached hydrogens (tertiary/aromatic N) is 1. The smallest absolute Gasteiger partial charge is 0.227 e. The van der Waals surface area contributed by atoms with Crippen LogP contribution in [0.4, 0.5) is 11.4 Å². The molecule has 1 heterocycles. The second-order valence-electron chi connectivity index (χ2n) is 7.88. The molecule has 1 aromatic rings. The summed E-state index contributed by atoms with van der Waals surface area (Å²) in [7, 11) is 0. The lowest BCUT2D eigenvalue weighted by atomic mass is 9.65. The summed E-state index contributed by atoms with van der Waals surface area (Å²) in [5, 5.41) is 3.06. The monoisotopic (exact) mass is 341 g/mol. The van der Waals surface area contributed by atoms with Gasteiger partial charge in [-0.3, -0.25) is 9.59 Å². The number of nitrogens with one attached hydrogen (secondary N) is 1. The number of carbonyl (C=O) groups excluding carboxylic acids is 2. The van der Waals surface area contributed by atoms with Gasteiger partial charge in [-0.15, -0.1) is 0 Å². The van der Waals surface area contributed by atoms with Gasteiger partial charge in [0, 0.05) is 36.3 Å². The van der Waals surface area contributed by atoms with Crippen LogP contribution in [0.1, 0.15) is 44.9 Å². The molecule has 134 valence electrons. The van der Waals surface area contributed by atoms with Crippen molar-refractivity contribution in [3.8, 4) is 0 Å². The first-order valence-electron chi connectivity index (χ1n) is 9.58. The highest BCUT2D eigenvalue weighted by molar-refractivity contribution is 5.96. The van der Waals surface area contributed by atoms with Crippen molar-refractivity contribution in [2.45, 2.75) is 51.0 Å². The minimum Gasteiger partial charge on any atom is -0.327 e. The van der Waals surface area contributed by atoms with E-state index in [2.05, 4.69) is 5.32 Å². The summed E-state index contributed by atoms with van der Waals surface area (Å²) in [6.07, 6.45) is 6.98. The largest absolute Gasteiger partial charge is 0.327 e. The molecule has 1 aromatic carbocycles. The summed E-state index contributed by atoms with van der Waals surface area (Å²) in [5.74, 6) is 1.39. The maximum atomic E-state index is 12.7. The average molecular weight is 341 g/mol. The molecule has 3 fully saturated rings. The van der Waals surface area contributed by atoms with E-state index < -0.39 is 0 Å². The van der Waals surface area contributed by atoms with Crippen LogP contribution in [0.2, 0.25) is 0 Å². The van der Waals surface area contributed by atoms with Gasteiger partial charge in [0.15, 0.2) is 0 Å². The van der Waals surface area contributed by atoms with Crippen LogP contribution in [-0.2, 0) is 9.59 Å². The summed E-state index contributed by atoms with van der Waals surface area (Å²) in [4.78, 5) is 26.3. The Labute approximate surface area is 148 Å². The fourth-order valence-electron chi connectivity index (χ4n) is 4.89. The zero-order valence-corrected chi connectivity index (χ0v) is 14.6. The molecule has 2 aliphatic carbocycles. The van der Waals surface area contributed by atoms with E-state index in [1.165, 1.54) is 19.3 Å². The fraction of sp³-hybridized carbons (Fsp3) is 0.600. The maximum absolute atomic E-state index is 12.7. The molecule has 2 unspecified atom stereocenters. The Morgan fingerprint density at radius 1 is 1.08 bits per heavy atom. The molecule has 0 spiro atoms. The fourth-order valence-corrected chi connectivity index (χ4v) is 4.89. The molecule has 0 radical (unpaired) electrons. The number of carbonyl (C=O) groups is 2. The Morgan fingerprint density at radius 3 is 2.36 bits per heavy atom. The highest BCUT2D eigenvalue weighted by Gasteiger charge is 2.40. The predicted molar refractivity (Wildman–Crippen MR) is 98.2 cm³/mol. The normalized spacial score (nSPS) is 31.9. The lowest BCUT2D eigenvalue weighted by Gasteiger charge is -2.43. The summed E-state index contributed by atoms with van der Waals surface area (Å²) in [6.45, 7) is 0.787. The zero-order valence-electron chi connectivity index (χ0n) is 14.6. The third kappa shape index (κ3) is 3.30. The molecule has 25 heavy (non-hydrogen) atoms. The second kappa shape index (κ2) is 6.79. The molecule has 4 rings (SSSR count). The SMILES string of the molecule is NC1C2CCCC1CC(C(=O)Nc1ccc(N3CCCC3=O)cc1)C2. The van der Waals surface area contributed by atoms with Crippen molar-refractivity contribution >= 4 is 23.2 Å². The van der Waals surface area contributed by atoms with Gasteiger partial charge in [-0.05, 0) is 68.2 Å². The van der Waals surface area contributed by atoms with Crippen molar-refractivity contribution in [3.63, 3.8) is 0 Å². The van der Waals surface area contributed by atoms with Gasteiger partial charge in [0.25, 0.3) is 0 Å². The molecule has 2 saturated carbocycles. The van der Waals surface area contributed by atoms with Crippen LogP contribution in [0.3, 0.4) is 0 Å². The Kier molecular flexibility index (Phi) is 4.50. The number of amides is 2. The van der Waals surface area contributed by atoms with Crippen molar-refractivity contribution in [3.05, 3.63) is 24.3 Å². The summed E-state index contributed by atoms with van der Waals surface area (Å²) in [6, 6.07) is 7.92. The van der Waals surface area contributed by atoms with Gasteiger partial charge in [0.2, 0.25) is 11.8 Å². The van der Waals surface area contributed by atoms with Crippen LogP contribution < -0.4 is 16.0 Å². The molecule has 3 N–H and O–H groups in total. The van der Waals surface area contributed by atoms with Crippen LogP contribution in [0.5, 0.6) is 0 Å². The van der Waals surface area contributed by atoms with Gasteiger partial charge in [0.05, 0.1) is 0 Å². The Bertz CT molecular complexity index is 643. The minimum absolute atomic E-state index is 0.0786. The third-order valence-electron chi connectivity index (χ3n) is 6.30. The van der Waals surface area contributed by atoms with Crippen LogP contribution >= 0.6 is 0 Å². The Balaban J connectivity index is 1.38. The van der Waals surface area contributed by atoms with Gasteiger partial charge in [-0.1, -0.05) is 6.42 Å². The molecular formula is C20H27N3O2. The van der Waals surface area contributed by atoms with Crippen LogP contribution in [0.15, 0.2) is 24.3 Å². The number of rotatable bonds is 3. The quantitative estimate of drug-likeness (QED) is 0.887. The number of nitrogens with two attached hydrogens (primary N) is 1. The van der Waals surface area contributed by atoms with E-state index in [4.69, 9.17) is 5.73 Å². The average Bonchev–Trinajstić information content (AvgIpc) is 3.01. The Morgan fingerprint density at radius 2 is 1.76 bits per heavy atom. The third-order valence-corrected chi connectivity index (χ3v) is 6.30. The molecule has 1 saturated heterocycles. The number of hydrogen-bond donors (Lipinski definition) is 2. The van der Waals surface area contributed by atoms with E-state index in [1.807, 2.05) is 29.2 Å². The van der Waals surface area contributed by atoms with Gasteiger partial charge in [-0.25, -0.2) is 0 Å². The molecule has 2 amide bonds. The minimum atomic E-state index is 0.0786. The highest BCUT2D eigenvalue weighted by atomic mass is 16.2. The van der Waals surface area contributed by atoms with E-state index >= 15 is 0 Å². The van der Waals surface area contributed by atoms with E-state index in [0.29, 0.717) is 18.3 Å². The molecule has 2 atom stereocenters. The molecule has 1 aliphatic heterocycles. The molecule has 5 nitrogen and oxygen atoms in total. The first kappa shape index (κ1) is 16.6. The summed E-state index contributed by atoms with van der Waals surface area (Å²) < 4.78 is 0. The molecule has 0 aromatic heterocycles. The standard InChI is InChI=1S/C20H27N3O2/c21-19-13-3-1-4-14(19)12-15(11-13)20(25)22-16-6-8-17(9-7-16)23-10-2-5-18(23)24/h6-9,13-15,19H,1-5,10-12,21H2,(H,22,25). The molecule has 2 bridgehead atoms. The number of hydrogen-bond acceptors (Lipinski definition) is 3. The second-order valence-corrected chi connectivity index (χ2v) is 7.88. The van der Waals surface area contributed by atoms with Crippen molar-refractivity contribution in [1.82, 2.24) is 0 Å². The zero-order chi connectivity index (χ0) is 17.4. The highest BCUT2D eigenvalue weighted by Crippen LogP contribution is 2.42. The predicted octanol–water partition coefficient (Wildman–Crippen LogP) is 2.91. The first-order chi connectivity index (χ1) is 12.1. The van der Waals surface area contributed by atoms with Crippen molar-refractivity contribution in [1.29, 1.82) is 0 Å². The lowest BCUT2D eigenvalue weighted by molar-refractivity contribution is -0.122. The van der Waals surface area contributed by atoms with Crippen LogP contribution in [0.25, 0.3) is 0 Å². The van der Waals surface area contributed by atoms with Crippen LogP contribution in [0, 0.1) is 17.8 Å². The maximum Gasteiger partial charge on any atom is 0.227 e. The molecule has 5 heteroatoms. The summed E-state index contributed by atoms with van der Waals surface area (Å²) in [5.41, 5.74) is 8.04. The van der Waals surface area contributed by atoms with Gasteiger partial charge < -0.3 is 16.0 Å². The van der Waals surface area contributed by atoms with Gasteiger partial charge in [0.1, 0.15) is 0 Å². The lowest BCUT2D eigenvalue weighted by Crippen LogP contribution is -2.48. The summed E-state index contributed by atoms with van der Waals surface area (Å²) >= 11 is 0. The Hall–Kier alpha value is -1.88. The number of benzene rings is 1. The van der Waals surface area contributed by atoms with E-state index in [1.54, 1.807) is 0 Å². The van der Waals surface area contributed by atoms with Gasteiger partial charge in [-0.2, -0.15) is 0 Å². The van der Waals surface area contributed by atoms with Crippen molar-refractivity contribution in [2.24, 2.45) is 23.5 Å². The number of fused-ring (bicyclic) bond motifs is 2. The van der Waals surface area contributed by atoms with Crippen molar-refractivity contribution in [2.75, 3.05) is 16.8 Å². The van der Waals surface area contributed by atoms with Crippen molar-refractivity contribution < 1.29 is 9.59 Å².